The van der Waals surface area contributed by atoms with Gasteiger partial charge in [0.2, 0.25) is 0 Å². The Kier molecular flexibility index (Phi) is 5.18. The maximum absolute atomic E-state index is 11.4. The first kappa shape index (κ1) is 15.3. The number of amides is 1. The Morgan fingerprint density at radius 3 is 2.37 bits per heavy atom. The molecule has 0 radical (unpaired) electrons. The maximum Gasteiger partial charge on any atom is 0.325 e. The maximum atomic E-state index is 11.4. The van der Waals surface area contributed by atoms with E-state index in [1.54, 1.807) is 12.1 Å². The van der Waals surface area contributed by atoms with Crippen LogP contribution in [0.25, 0.3) is 0 Å². The van der Waals surface area contributed by atoms with Crippen molar-refractivity contribution in [1.29, 1.82) is 0 Å². The monoisotopic (exact) mass is 285 g/mol. The minimum Gasteiger partial charge on any atom is -0.484 e. The van der Waals surface area contributed by atoms with Crippen molar-refractivity contribution in [2.45, 2.75) is 26.8 Å². The zero-order valence-electron chi connectivity index (χ0n) is 11.0. The van der Waals surface area contributed by atoms with Gasteiger partial charge < -0.3 is 15.2 Å². The van der Waals surface area contributed by atoms with Gasteiger partial charge in [-0.25, -0.2) is 0 Å². The number of hydrogen-bond donors (Lipinski definition) is 2. The van der Waals surface area contributed by atoms with Crippen molar-refractivity contribution >= 4 is 23.5 Å². The summed E-state index contributed by atoms with van der Waals surface area (Å²) in [4.78, 5) is 22.0. The van der Waals surface area contributed by atoms with Gasteiger partial charge in [0.15, 0.2) is 6.61 Å². The molecule has 0 aromatic heterocycles. The molecule has 0 spiro atoms. The molecule has 1 aromatic rings. The van der Waals surface area contributed by atoms with E-state index in [2.05, 4.69) is 5.32 Å². The van der Waals surface area contributed by atoms with Gasteiger partial charge in [-0.3, -0.25) is 9.59 Å². The van der Waals surface area contributed by atoms with Gasteiger partial charge in [-0.2, -0.15) is 0 Å². The summed E-state index contributed by atoms with van der Waals surface area (Å²) in [6, 6.07) is 2.51. The lowest BCUT2D eigenvalue weighted by Crippen LogP contribution is -2.40. The van der Waals surface area contributed by atoms with Crippen LogP contribution in [0, 0.1) is 13.8 Å². The number of hydrogen-bond acceptors (Lipinski definition) is 3. The number of nitrogens with one attached hydrogen (secondary N) is 1. The van der Waals surface area contributed by atoms with Gasteiger partial charge in [0.25, 0.3) is 5.91 Å². The Balaban J connectivity index is 2.58. The van der Waals surface area contributed by atoms with Gasteiger partial charge >= 0.3 is 5.97 Å². The van der Waals surface area contributed by atoms with Crippen LogP contribution in [0.5, 0.6) is 5.75 Å². The molecule has 0 fully saturated rings. The highest BCUT2D eigenvalue weighted by atomic mass is 35.5. The second-order valence-electron chi connectivity index (χ2n) is 4.29. The Hall–Kier alpha value is -1.75. The number of carboxylic acids is 1. The molecular weight excluding hydrogens is 270 g/mol. The van der Waals surface area contributed by atoms with Crippen molar-refractivity contribution in [3.63, 3.8) is 0 Å². The molecular formula is C13H16ClNO4. The van der Waals surface area contributed by atoms with Gasteiger partial charge in [0, 0.05) is 5.02 Å². The second kappa shape index (κ2) is 6.43. The Morgan fingerprint density at radius 2 is 1.89 bits per heavy atom. The Labute approximate surface area is 116 Å². The molecule has 0 aliphatic carbocycles. The third-order valence-electron chi connectivity index (χ3n) is 2.53. The number of rotatable bonds is 5. The van der Waals surface area contributed by atoms with E-state index in [1.165, 1.54) is 6.92 Å². The van der Waals surface area contributed by atoms with E-state index < -0.39 is 17.9 Å². The molecule has 0 aliphatic heterocycles. The van der Waals surface area contributed by atoms with E-state index in [-0.39, 0.29) is 6.61 Å². The molecule has 0 saturated carbocycles. The van der Waals surface area contributed by atoms with E-state index >= 15 is 0 Å². The van der Waals surface area contributed by atoms with Crippen molar-refractivity contribution < 1.29 is 19.4 Å². The molecule has 2 N–H and O–H groups in total. The van der Waals surface area contributed by atoms with Crippen LogP contribution < -0.4 is 10.1 Å². The lowest BCUT2D eigenvalue weighted by Gasteiger charge is -2.12. The molecule has 104 valence electrons. The topological polar surface area (TPSA) is 75.6 Å². The van der Waals surface area contributed by atoms with Crippen LogP contribution in [0.4, 0.5) is 0 Å². The van der Waals surface area contributed by atoms with Crippen LogP contribution in [0.2, 0.25) is 5.02 Å². The fourth-order valence-electron chi connectivity index (χ4n) is 1.48. The number of ether oxygens (including phenoxy) is 1. The zero-order valence-corrected chi connectivity index (χ0v) is 11.7. The fraction of sp³-hybridized carbons (Fsp3) is 0.385. The van der Waals surface area contributed by atoms with Crippen LogP contribution in [-0.4, -0.2) is 29.6 Å². The minimum absolute atomic E-state index is 0.238. The van der Waals surface area contributed by atoms with Gasteiger partial charge in [0.1, 0.15) is 11.8 Å². The summed E-state index contributed by atoms with van der Waals surface area (Å²) in [6.07, 6.45) is 0. The SMILES string of the molecule is Cc1cc(OCC(=O)NC(C)C(=O)O)cc(C)c1Cl. The Morgan fingerprint density at radius 1 is 1.37 bits per heavy atom. The van der Waals surface area contributed by atoms with Gasteiger partial charge in [-0.1, -0.05) is 11.6 Å². The average molecular weight is 286 g/mol. The van der Waals surface area contributed by atoms with Crippen molar-refractivity contribution in [3.8, 4) is 5.75 Å². The van der Waals surface area contributed by atoms with Gasteiger partial charge in [-0.15, -0.1) is 0 Å². The lowest BCUT2D eigenvalue weighted by atomic mass is 10.1. The van der Waals surface area contributed by atoms with Crippen LogP contribution in [-0.2, 0) is 9.59 Å². The summed E-state index contributed by atoms with van der Waals surface area (Å²) in [5.41, 5.74) is 1.71. The number of halogens is 1. The molecule has 6 heteroatoms. The lowest BCUT2D eigenvalue weighted by molar-refractivity contribution is -0.141. The number of aliphatic carboxylic acids is 1. The van der Waals surface area contributed by atoms with E-state index in [0.29, 0.717) is 10.8 Å². The molecule has 1 atom stereocenters. The molecule has 1 aromatic carbocycles. The normalized spacial score (nSPS) is 11.8. The third kappa shape index (κ3) is 4.44. The molecule has 0 saturated heterocycles. The molecule has 1 unspecified atom stereocenters. The molecule has 19 heavy (non-hydrogen) atoms. The predicted molar refractivity (Wildman–Crippen MR) is 71.7 cm³/mol. The molecule has 0 bridgehead atoms. The zero-order chi connectivity index (χ0) is 14.6. The van der Waals surface area contributed by atoms with Crippen molar-refractivity contribution in [3.05, 3.63) is 28.3 Å². The Bertz CT molecular complexity index is 478. The average Bonchev–Trinajstić information content (AvgIpc) is 2.33. The van der Waals surface area contributed by atoms with E-state index in [0.717, 1.165) is 11.1 Å². The highest BCUT2D eigenvalue weighted by Crippen LogP contribution is 2.25. The first-order chi connectivity index (χ1) is 8.81. The molecule has 1 rings (SSSR count). The number of carbonyl (C=O) groups is 2. The standard InChI is InChI=1S/C13H16ClNO4/c1-7-4-10(5-8(2)12(7)14)19-6-11(16)15-9(3)13(17)18/h4-5,9H,6H2,1-3H3,(H,15,16)(H,17,18). The summed E-state index contributed by atoms with van der Waals surface area (Å²) in [7, 11) is 0. The summed E-state index contributed by atoms with van der Waals surface area (Å²) < 4.78 is 5.30. The fourth-order valence-corrected chi connectivity index (χ4v) is 1.59. The largest absolute Gasteiger partial charge is 0.484 e. The molecule has 0 heterocycles. The van der Waals surface area contributed by atoms with E-state index in [4.69, 9.17) is 21.4 Å². The molecule has 5 nitrogen and oxygen atoms in total. The van der Waals surface area contributed by atoms with Gasteiger partial charge in [0.05, 0.1) is 0 Å². The highest BCUT2D eigenvalue weighted by Gasteiger charge is 2.14. The van der Waals surface area contributed by atoms with Crippen LogP contribution in [0.1, 0.15) is 18.1 Å². The van der Waals surface area contributed by atoms with E-state index in [1.807, 2.05) is 13.8 Å². The van der Waals surface area contributed by atoms with Crippen LogP contribution >= 0.6 is 11.6 Å². The minimum atomic E-state index is -1.09. The van der Waals surface area contributed by atoms with Crippen LogP contribution in [0.15, 0.2) is 12.1 Å². The predicted octanol–water partition coefficient (Wildman–Crippen LogP) is 1.92. The van der Waals surface area contributed by atoms with Crippen LogP contribution in [0.3, 0.4) is 0 Å². The number of carboxylic acid groups (broad SMARTS) is 1. The number of aryl methyl sites for hydroxylation is 2. The van der Waals surface area contributed by atoms with Crippen molar-refractivity contribution in [2.24, 2.45) is 0 Å². The first-order valence-electron chi connectivity index (χ1n) is 5.73. The first-order valence-corrected chi connectivity index (χ1v) is 6.10. The third-order valence-corrected chi connectivity index (χ3v) is 3.12. The van der Waals surface area contributed by atoms with Crippen molar-refractivity contribution in [2.75, 3.05) is 6.61 Å². The van der Waals surface area contributed by atoms with E-state index in [9.17, 15) is 9.59 Å². The second-order valence-corrected chi connectivity index (χ2v) is 4.67. The summed E-state index contributed by atoms with van der Waals surface area (Å²) >= 11 is 6.02. The summed E-state index contributed by atoms with van der Waals surface area (Å²) in [5.74, 6) is -1.05. The number of carbonyl (C=O) groups excluding carboxylic acids is 1. The highest BCUT2D eigenvalue weighted by molar-refractivity contribution is 6.32. The molecule has 0 aliphatic rings. The summed E-state index contributed by atoms with van der Waals surface area (Å²) in [6.45, 7) is 4.83. The van der Waals surface area contributed by atoms with Gasteiger partial charge in [-0.05, 0) is 44.0 Å². The number of benzene rings is 1. The van der Waals surface area contributed by atoms with Crippen molar-refractivity contribution in [1.82, 2.24) is 5.32 Å². The quantitative estimate of drug-likeness (QED) is 0.867. The molecule has 1 amide bonds. The smallest absolute Gasteiger partial charge is 0.325 e. The summed E-state index contributed by atoms with van der Waals surface area (Å²) in [5, 5.41) is 11.6.